The Morgan fingerprint density at radius 2 is 1.75 bits per heavy atom. The third-order valence-electron chi connectivity index (χ3n) is 7.14. The number of nitrogens with zero attached hydrogens (tertiary/aromatic N) is 3. The number of carbonyl (C=O) groups is 3. The summed E-state index contributed by atoms with van der Waals surface area (Å²) in [5, 5.41) is 16.4. The molecule has 3 N–H and O–H groups in total. The highest BCUT2D eigenvalue weighted by Gasteiger charge is 2.20. The standard InChI is InChI=1S/C31H33N5O4/c1-21-6-3-16-36-20-26(34-29(21)36)31(40)35-15-4-9-28(38)32-14-12-22-10-11-27(37)25(18-22)23-7-2-8-24(19-23)30(39)33-13-5-17-35/h2-3,6-8,10-11,16,18-20,37H,4-5,9,12-15,17H2,1H3,(H,32,38)(H,33,39). The van der Waals surface area contributed by atoms with Crippen molar-refractivity contribution in [2.75, 3.05) is 26.2 Å². The lowest BCUT2D eigenvalue weighted by atomic mass is 9.98. The molecule has 2 aromatic carbocycles. The number of nitrogens with one attached hydrogen (secondary N) is 2. The zero-order valence-corrected chi connectivity index (χ0v) is 22.5. The summed E-state index contributed by atoms with van der Waals surface area (Å²) in [4.78, 5) is 45.2. The first-order valence-corrected chi connectivity index (χ1v) is 13.6. The van der Waals surface area contributed by atoms with Crippen LogP contribution in [0.4, 0.5) is 0 Å². The van der Waals surface area contributed by atoms with Crippen molar-refractivity contribution in [3.8, 4) is 16.9 Å². The highest BCUT2D eigenvalue weighted by molar-refractivity contribution is 5.96. The van der Waals surface area contributed by atoms with Gasteiger partial charge in [0, 0.05) is 56.1 Å². The monoisotopic (exact) mass is 539 g/mol. The molecular formula is C31H33N5O4. The van der Waals surface area contributed by atoms with Gasteiger partial charge in [-0.05, 0) is 73.2 Å². The summed E-state index contributed by atoms with van der Waals surface area (Å²) >= 11 is 0. The van der Waals surface area contributed by atoms with Gasteiger partial charge < -0.3 is 25.0 Å². The molecule has 5 rings (SSSR count). The number of hydrogen-bond donors (Lipinski definition) is 3. The number of aryl methyl sites for hydroxylation is 1. The molecule has 4 aromatic rings. The molecule has 206 valence electrons. The molecule has 1 aliphatic heterocycles. The lowest BCUT2D eigenvalue weighted by molar-refractivity contribution is -0.121. The number of pyridine rings is 1. The Kier molecular flexibility index (Phi) is 8.10. The molecule has 40 heavy (non-hydrogen) atoms. The first-order valence-electron chi connectivity index (χ1n) is 13.6. The first-order chi connectivity index (χ1) is 19.4. The predicted molar refractivity (Wildman–Crippen MR) is 152 cm³/mol. The Bertz CT molecular complexity index is 1560. The van der Waals surface area contributed by atoms with Crippen LogP contribution in [-0.4, -0.2) is 63.3 Å². The molecule has 0 aliphatic carbocycles. The Morgan fingerprint density at radius 1 is 0.925 bits per heavy atom. The summed E-state index contributed by atoms with van der Waals surface area (Å²) in [5.41, 5.74) is 4.86. The number of benzene rings is 2. The van der Waals surface area contributed by atoms with E-state index in [1.54, 1.807) is 35.4 Å². The fraction of sp³-hybridized carbons (Fsp3) is 0.290. The van der Waals surface area contributed by atoms with Crippen LogP contribution in [0.5, 0.6) is 5.75 Å². The van der Waals surface area contributed by atoms with E-state index in [4.69, 9.17) is 0 Å². The number of aromatic nitrogens is 2. The van der Waals surface area contributed by atoms with Gasteiger partial charge in [0.1, 0.15) is 17.1 Å². The number of rotatable bonds is 1. The summed E-state index contributed by atoms with van der Waals surface area (Å²) in [6.07, 6.45) is 5.52. The van der Waals surface area contributed by atoms with Crippen LogP contribution in [0.25, 0.3) is 16.8 Å². The van der Waals surface area contributed by atoms with Crippen molar-refractivity contribution in [3.05, 3.63) is 89.4 Å². The minimum absolute atomic E-state index is 0.0763. The average Bonchev–Trinajstić information content (AvgIpc) is 3.40. The maximum absolute atomic E-state index is 13.5. The number of aromatic hydroxyl groups is 1. The van der Waals surface area contributed by atoms with E-state index in [0.717, 1.165) is 22.3 Å². The fourth-order valence-electron chi connectivity index (χ4n) is 4.97. The molecule has 1 aliphatic rings. The van der Waals surface area contributed by atoms with Crippen LogP contribution in [0.1, 0.15) is 51.2 Å². The van der Waals surface area contributed by atoms with Crippen molar-refractivity contribution in [2.45, 2.75) is 32.6 Å². The molecule has 9 nitrogen and oxygen atoms in total. The van der Waals surface area contributed by atoms with Gasteiger partial charge in [-0.1, -0.05) is 24.3 Å². The van der Waals surface area contributed by atoms with Gasteiger partial charge in [-0.25, -0.2) is 4.98 Å². The fourth-order valence-corrected chi connectivity index (χ4v) is 4.97. The highest BCUT2D eigenvalue weighted by Crippen LogP contribution is 2.31. The molecule has 0 fully saturated rings. The highest BCUT2D eigenvalue weighted by atomic mass is 16.3. The number of phenolic OH excluding ortho intramolecular Hbond substituents is 1. The number of imidazole rings is 1. The molecule has 0 saturated heterocycles. The topological polar surface area (TPSA) is 116 Å². The van der Waals surface area contributed by atoms with Crippen molar-refractivity contribution < 1.29 is 19.5 Å². The molecule has 9 heteroatoms. The molecule has 3 heterocycles. The SMILES string of the molecule is Cc1cccn2cc(C(=O)N3CCCNC(=O)c4cccc(c4)-c4cc(ccc4O)CCNC(=O)CCC3)nc12. The second-order valence-corrected chi connectivity index (χ2v) is 10.1. The molecule has 0 radical (unpaired) electrons. The van der Waals surface area contributed by atoms with Gasteiger partial charge in [0.15, 0.2) is 0 Å². The normalized spacial score (nSPS) is 15.5. The first kappa shape index (κ1) is 26.9. The summed E-state index contributed by atoms with van der Waals surface area (Å²) < 4.78 is 1.84. The Balaban J connectivity index is 1.35. The van der Waals surface area contributed by atoms with E-state index < -0.39 is 0 Å². The van der Waals surface area contributed by atoms with Crippen molar-refractivity contribution >= 4 is 23.4 Å². The summed E-state index contributed by atoms with van der Waals surface area (Å²) in [6, 6.07) is 16.3. The zero-order valence-electron chi connectivity index (χ0n) is 22.5. The van der Waals surface area contributed by atoms with E-state index in [0.29, 0.717) is 62.3 Å². The van der Waals surface area contributed by atoms with Crippen molar-refractivity contribution in [1.29, 1.82) is 0 Å². The lowest BCUT2D eigenvalue weighted by Crippen LogP contribution is -2.36. The van der Waals surface area contributed by atoms with Crippen LogP contribution in [0.3, 0.4) is 0 Å². The van der Waals surface area contributed by atoms with E-state index in [1.165, 1.54) is 0 Å². The van der Waals surface area contributed by atoms with Crippen molar-refractivity contribution in [2.24, 2.45) is 0 Å². The van der Waals surface area contributed by atoms with E-state index in [1.807, 2.05) is 47.9 Å². The van der Waals surface area contributed by atoms with Gasteiger partial charge in [-0.3, -0.25) is 14.4 Å². The average molecular weight is 540 g/mol. The Morgan fingerprint density at radius 3 is 2.60 bits per heavy atom. The van der Waals surface area contributed by atoms with Crippen LogP contribution in [0.2, 0.25) is 0 Å². The number of hydrogen-bond acceptors (Lipinski definition) is 5. The number of phenols is 1. The maximum Gasteiger partial charge on any atom is 0.274 e. The molecule has 0 spiro atoms. The second-order valence-electron chi connectivity index (χ2n) is 10.1. The maximum atomic E-state index is 13.5. The van der Waals surface area contributed by atoms with E-state index in [9.17, 15) is 19.5 Å². The van der Waals surface area contributed by atoms with E-state index in [-0.39, 0.29) is 29.9 Å². The number of amides is 3. The van der Waals surface area contributed by atoms with Gasteiger partial charge in [-0.15, -0.1) is 0 Å². The van der Waals surface area contributed by atoms with E-state index >= 15 is 0 Å². The predicted octanol–water partition coefficient (Wildman–Crippen LogP) is 3.73. The molecule has 0 atom stereocenters. The molecule has 2 aromatic heterocycles. The van der Waals surface area contributed by atoms with Crippen molar-refractivity contribution in [3.63, 3.8) is 0 Å². The van der Waals surface area contributed by atoms with Crippen LogP contribution in [-0.2, 0) is 11.2 Å². The van der Waals surface area contributed by atoms with Crippen molar-refractivity contribution in [1.82, 2.24) is 24.9 Å². The van der Waals surface area contributed by atoms with Gasteiger partial charge in [-0.2, -0.15) is 0 Å². The van der Waals surface area contributed by atoms with Crippen LogP contribution < -0.4 is 10.6 Å². The molecule has 3 amide bonds. The molecule has 4 bridgehead atoms. The Hall–Kier alpha value is -4.66. The van der Waals surface area contributed by atoms with E-state index in [2.05, 4.69) is 15.6 Å². The van der Waals surface area contributed by atoms with Crippen LogP contribution in [0.15, 0.2) is 67.0 Å². The van der Waals surface area contributed by atoms with Crippen LogP contribution in [0, 0.1) is 6.92 Å². The second kappa shape index (κ2) is 12.0. The molecule has 0 unspecified atom stereocenters. The van der Waals surface area contributed by atoms with Gasteiger partial charge >= 0.3 is 0 Å². The minimum atomic E-state index is -0.223. The summed E-state index contributed by atoms with van der Waals surface area (Å²) in [6.45, 7) is 3.59. The number of fused-ring (bicyclic) bond motifs is 6. The third kappa shape index (κ3) is 6.14. The molecule has 0 saturated carbocycles. The Labute approximate surface area is 232 Å². The zero-order chi connectivity index (χ0) is 28.1. The lowest BCUT2D eigenvalue weighted by Gasteiger charge is -2.22. The molecular weight excluding hydrogens is 506 g/mol. The van der Waals surface area contributed by atoms with Gasteiger partial charge in [0.25, 0.3) is 11.8 Å². The smallest absolute Gasteiger partial charge is 0.274 e. The third-order valence-corrected chi connectivity index (χ3v) is 7.14. The van der Waals surface area contributed by atoms with Gasteiger partial charge in [0.05, 0.1) is 0 Å². The van der Waals surface area contributed by atoms with Gasteiger partial charge in [0.2, 0.25) is 5.91 Å². The quantitative estimate of drug-likeness (QED) is 0.341. The van der Waals surface area contributed by atoms with Crippen LogP contribution >= 0.6 is 0 Å². The minimum Gasteiger partial charge on any atom is -0.507 e. The number of carbonyl (C=O) groups excluding carboxylic acids is 3. The summed E-state index contributed by atoms with van der Waals surface area (Å²) in [5.74, 6) is -0.374. The largest absolute Gasteiger partial charge is 0.507 e. The summed E-state index contributed by atoms with van der Waals surface area (Å²) in [7, 11) is 0.